The standard InChI is InChI=1S/C31H33N3O9/c1-8-12(2)31(40)43-11-18-19-15(24(35)13(3)29(41-6)27(19)38)9-16-22-20-21(25(36)14(4)30(42-7)28(20)39)26(37)23(33(22)5)17(10-32)34(16)18/h8,16-18,22-23,26,37H,9,11H2,1-7H3/b12-8-/t16?,17?,18-,22-,23+,26?/m0/s1. The summed E-state index contributed by atoms with van der Waals surface area (Å²) in [6.07, 6.45) is -0.0135. The van der Waals surface area contributed by atoms with E-state index in [4.69, 9.17) is 14.2 Å². The van der Waals surface area contributed by atoms with Crippen LogP contribution in [0.25, 0.3) is 0 Å². The first-order valence-corrected chi connectivity index (χ1v) is 13.9. The van der Waals surface area contributed by atoms with Crippen molar-refractivity contribution in [1.29, 1.82) is 5.26 Å². The van der Waals surface area contributed by atoms with Crippen LogP contribution >= 0.6 is 0 Å². The quantitative estimate of drug-likeness (QED) is 0.270. The molecule has 226 valence electrons. The van der Waals surface area contributed by atoms with Crippen molar-refractivity contribution in [2.75, 3.05) is 27.9 Å². The number of aliphatic hydroxyl groups excluding tert-OH is 1. The van der Waals surface area contributed by atoms with E-state index in [1.54, 1.807) is 36.8 Å². The molecule has 0 aromatic heterocycles. The van der Waals surface area contributed by atoms with Gasteiger partial charge >= 0.3 is 5.97 Å². The molecular formula is C31H33N3O9. The molecule has 3 heterocycles. The zero-order valence-electron chi connectivity index (χ0n) is 25.0. The maximum atomic E-state index is 13.9. The fourth-order valence-electron chi connectivity index (χ4n) is 7.24. The zero-order valence-corrected chi connectivity index (χ0v) is 25.0. The number of ether oxygens (including phenoxy) is 3. The Morgan fingerprint density at radius 1 is 1.00 bits per heavy atom. The van der Waals surface area contributed by atoms with Gasteiger partial charge in [0, 0.05) is 45.1 Å². The van der Waals surface area contributed by atoms with Crippen LogP contribution in [0.2, 0.25) is 0 Å². The Labute approximate surface area is 248 Å². The minimum atomic E-state index is -1.53. The lowest BCUT2D eigenvalue weighted by atomic mass is 9.66. The first-order chi connectivity index (χ1) is 20.4. The van der Waals surface area contributed by atoms with Crippen molar-refractivity contribution in [3.8, 4) is 6.07 Å². The number of ketones is 4. The monoisotopic (exact) mass is 591 g/mol. The first-order valence-electron chi connectivity index (χ1n) is 13.9. The van der Waals surface area contributed by atoms with E-state index in [1.807, 2.05) is 0 Å². The summed E-state index contributed by atoms with van der Waals surface area (Å²) in [6.45, 7) is 5.77. The van der Waals surface area contributed by atoms with Crippen molar-refractivity contribution in [1.82, 2.24) is 9.80 Å². The van der Waals surface area contributed by atoms with Crippen LogP contribution in [0.15, 0.2) is 56.6 Å². The highest BCUT2D eigenvalue weighted by molar-refractivity contribution is 6.26. The number of nitriles is 1. The average Bonchev–Trinajstić information content (AvgIpc) is 2.98. The molecule has 1 fully saturated rings. The van der Waals surface area contributed by atoms with Crippen molar-refractivity contribution in [3.63, 3.8) is 0 Å². The van der Waals surface area contributed by atoms with Crippen molar-refractivity contribution in [2.45, 2.75) is 70.4 Å². The molecule has 3 aliphatic heterocycles. The number of piperazine rings is 1. The second-order valence-electron chi connectivity index (χ2n) is 11.3. The summed E-state index contributed by atoms with van der Waals surface area (Å²) in [7, 11) is 4.21. The molecule has 43 heavy (non-hydrogen) atoms. The number of likely N-dealkylation sites (N-methyl/N-ethyl adjacent to an activating group) is 1. The Hall–Kier alpha value is -4.18. The summed E-state index contributed by atoms with van der Waals surface area (Å²) in [5.74, 6) is -3.07. The van der Waals surface area contributed by atoms with Crippen molar-refractivity contribution < 1.29 is 43.3 Å². The van der Waals surface area contributed by atoms with Crippen LogP contribution in [0.1, 0.15) is 34.1 Å². The Morgan fingerprint density at radius 3 is 2.14 bits per heavy atom. The van der Waals surface area contributed by atoms with Gasteiger partial charge in [0.15, 0.2) is 23.1 Å². The number of allylic oxidation sites excluding steroid dienone is 5. The molecule has 5 aliphatic rings. The number of methoxy groups -OCH3 is 2. The number of carbonyl (C=O) groups is 5. The zero-order chi connectivity index (χ0) is 31.7. The van der Waals surface area contributed by atoms with E-state index in [9.17, 15) is 34.3 Å². The molecule has 0 radical (unpaired) electrons. The third-order valence-electron chi connectivity index (χ3n) is 9.39. The summed E-state index contributed by atoms with van der Waals surface area (Å²) in [6, 6.07) is -2.66. The van der Waals surface area contributed by atoms with Crippen molar-refractivity contribution in [3.05, 3.63) is 56.6 Å². The lowest BCUT2D eigenvalue weighted by Crippen LogP contribution is -2.76. The van der Waals surface area contributed by atoms with Gasteiger partial charge in [-0.1, -0.05) is 6.08 Å². The molecule has 3 unspecified atom stereocenters. The number of fused-ring (bicyclic) bond motifs is 5. The number of hydrogen-bond donors (Lipinski definition) is 1. The molecule has 0 spiro atoms. The molecule has 0 amide bonds. The SMILES string of the molecule is C/C=C(/C)C(=O)OC[C@H]1C2=C(CC3[C@H]4C5=C(C(=O)C(C)=C(OC)C5=O)C(O)[C@@H](C(C#N)N31)N4C)C(=O)C(C)=C(OC)C2=O. The Morgan fingerprint density at radius 2 is 1.58 bits per heavy atom. The number of aliphatic hydroxyl groups is 1. The van der Waals surface area contributed by atoms with Crippen LogP contribution in [0.5, 0.6) is 0 Å². The maximum absolute atomic E-state index is 13.9. The van der Waals surface area contributed by atoms with E-state index < -0.39 is 72.0 Å². The fourth-order valence-corrected chi connectivity index (χ4v) is 7.24. The number of nitrogens with zero attached hydrogens (tertiary/aromatic N) is 3. The van der Waals surface area contributed by atoms with Gasteiger partial charge in [-0.2, -0.15) is 5.26 Å². The van der Waals surface area contributed by atoms with Gasteiger partial charge in [0.2, 0.25) is 11.6 Å². The molecule has 12 heteroatoms. The lowest BCUT2D eigenvalue weighted by Gasteiger charge is -2.61. The Kier molecular flexibility index (Phi) is 7.62. The molecule has 12 nitrogen and oxygen atoms in total. The van der Waals surface area contributed by atoms with Crippen LogP contribution in [0.3, 0.4) is 0 Å². The van der Waals surface area contributed by atoms with Crippen LogP contribution in [-0.2, 0) is 38.2 Å². The lowest BCUT2D eigenvalue weighted by molar-refractivity contribution is -0.145. The summed E-state index contributed by atoms with van der Waals surface area (Å²) in [4.78, 5) is 71.0. The second-order valence-corrected chi connectivity index (χ2v) is 11.3. The predicted molar refractivity (Wildman–Crippen MR) is 149 cm³/mol. The number of esters is 1. The molecule has 0 saturated carbocycles. The maximum Gasteiger partial charge on any atom is 0.333 e. The smallest absolute Gasteiger partial charge is 0.333 e. The highest BCUT2D eigenvalue weighted by atomic mass is 16.5. The van der Waals surface area contributed by atoms with E-state index in [0.717, 1.165) is 0 Å². The third-order valence-corrected chi connectivity index (χ3v) is 9.39. The molecule has 0 aromatic rings. The van der Waals surface area contributed by atoms with Gasteiger partial charge in [-0.25, -0.2) is 4.79 Å². The number of hydrogen-bond acceptors (Lipinski definition) is 12. The van der Waals surface area contributed by atoms with Gasteiger partial charge in [-0.05, 0) is 41.2 Å². The number of Topliss-reactive ketones (excluding diaryl/α,β-unsaturated/α-hetero) is 4. The molecule has 6 atom stereocenters. The fraction of sp³-hybridized carbons (Fsp3) is 0.484. The van der Waals surface area contributed by atoms with E-state index in [1.165, 1.54) is 28.1 Å². The Bertz CT molecular complexity index is 1590. The van der Waals surface area contributed by atoms with Gasteiger partial charge in [0.25, 0.3) is 0 Å². The Balaban J connectivity index is 1.74. The van der Waals surface area contributed by atoms with E-state index in [2.05, 4.69) is 6.07 Å². The molecule has 1 saturated heterocycles. The first kappa shape index (κ1) is 30.3. The van der Waals surface area contributed by atoms with Crippen LogP contribution in [0.4, 0.5) is 0 Å². The molecular weight excluding hydrogens is 558 g/mol. The summed E-state index contributed by atoms with van der Waals surface area (Å²) < 4.78 is 16.2. The molecule has 5 rings (SSSR count). The van der Waals surface area contributed by atoms with Crippen molar-refractivity contribution in [2.24, 2.45) is 0 Å². The highest BCUT2D eigenvalue weighted by Crippen LogP contribution is 2.49. The van der Waals surface area contributed by atoms with Gasteiger partial charge in [0.05, 0.1) is 38.4 Å². The summed E-state index contributed by atoms with van der Waals surface area (Å²) >= 11 is 0. The minimum absolute atomic E-state index is 0.0223. The van der Waals surface area contributed by atoms with E-state index in [-0.39, 0.29) is 51.4 Å². The van der Waals surface area contributed by atoms with Crippen molar-refractivity contribution >= 4 is 29.1 Å². The topological polar surface area (TPSA) is 164 Å². The summed E-state index contributed by atoms with van der Waals surface area (Å²) in [5, 5.41) is 22.2. The van der Waals surface area contributed by atoms with E-state index in [0.29, 0.717) is 5.57 Å². The highest BCUT2D eigenvalue weighted by Gasteiger charge is 2.62. The second kappa shape index (κ2) is 10.8. The van der Waals surface area contributed by atoms with Crippen LogP contribution < -0.4 is 0 Å². The van der Waals surface area contributed by atoms with Gasteiger partial charge in [-0.3, -0.25) is 29.0 Å². The molecule has 2 bridgehead atoms. The normalized spacial score (nSPS) is 31.6. The molecule has 2 aliphatic carbocycles. The van der Waals surface area contributed by atoms with Crippen LogP contribution in [-0.4, -0.2) is 108 Å². The van der Waals surface area contributed by atoms with E-state index >= 15 is 0 Å². The average molecular weight is 592 g/mol. The van der Waals surface area contributed by atoms with Gasteiger partial charge in [0.1, 0.15) is 18.8 Å². The third kappa shape index (κ3) is 4.10. The predicted octanol–water partition coefficient (Wildman–Crippen LogP) is 0.626. The summed E-state index contributed by atoms with van der Waals surface area (Å²) in [5.41, 5.74) is 0.623. The minimum Gasteiger partial charge on any atom is -0.492 e. The molecule has 1 N–H and O–H groups in total. The molecule has 0 aromatic carbocycles. The van der Waals surface area contributed by atoms with Crippen LogP contribution in [0, 0.1) is 11.3 Å². The van der Waals surface area contributed by atoms with Gasteiger partial charge < -0.3 is 19.3 Å². The van der Waals surface area contributed by atoms with Gasteiger partial charge in [-0.15, -0.1) is 0 Å². The number of rotatable bonds is 5. The number of carbonyl (C=O) groups excluding carboxylic acids is 5. The largest absolute Gasteiger partial charge is 0.492 e.